The molecule has 0 aromatic rings. The van der Waals surface area contributed by atoms with Crippen molar-refractivity contribution in [1.82, 2.24) is 15.1 Å². The van der Waals surface area contributed by atoms with Crippen molar-refractivity contribution in [1.29, 1.82) is 0 Å². The summed E-state index contributed by atoms with van der Waals surface area (Å²) >= 11 is 0. The number of carbonyl (C=O) groups is 2. The first-order chi connectivity index (χ1) is 8.55. The third-order valence-electron chi connectivity index (χ3n) is 3.50. The van der Waals surface area contributed by atoms with Gasteiger partial charge >= 0.3 is 0 Å². The number of carbonyl (C=O) groups excluding carboxylic acids is 2. The molecule has 0 saturated carbocycles. The van der Waals surface area contributed by atoms with Crippen molar-refractivity contribution >= 4 is 11.8 Å². The van der Waals surface area contributed by atoms with Crippen LogP contribution in [0.15, 0.2) is 0 Å². The van der Waals surface area contributed by atoms with Gasteiger partial charge in [-0.15, -0.1) is 0 Å². The average molecular weight is 269 g/mol. The zero-order chi connectivity index (χ0) is 14.8. The van der Waals surface area contributed by atoms with Crippen LogP contribution in [0.2, 0.25) is 0 Å². The molecule has 0 bridgehead atoms. The number of rotatable bonds is 3. The van der Waals surface area contributed by atoms with Gasteiger partial charge in [-0.1, -0.05) is 0 Å². The van der Waals surface area contributed by atoms with E-state index < -0.39 is 5.54 Å². The first kappa shape index (κ1) is 16.0. The van der Waals surface area contributed by atoms with Crippen LogP contribution in [0.25, 0.3) is 0 Å². The topological polar surface area (TPSA) is 52.6 Å². The Balaban J connectivity index is 2.59. The molecule has 2 amide bonds. The van der Waals surface area contributed by atoms with E-state index >= 15 is 0 Å². The molecule has 5 nitrogen and oxygen atoms in total. The molecule has 1 fully saturated rings. The Morgan fingerprint density at radius 3 is 2.42 bits per heavy atom. The van der Waals surface area contributed by atoms with Gasteiger partial charge in [-0.2, -0.15) is 0 Å². The maximum absolute atomic E-state index is 12.3. The second-order valence-electron chi connectivity index (χ2n) is 6.76. The van der Waals surface area contributed by atoms with Crippen LogP contribution in [0.1, 0.15) is 41.0 Å². The van der Waals surface area contributed by atoms with E-state index in [-0.39, 0.29) is 17.4 Å². The Hall–Kier alpha value is -1.10. The van der Waals surface area contributed by atoms with Crippen LogP contribution >= 0.6 is 0 Å². The molecule has 110 valence electrons. The predicted octanol–water partition coefficient (Wildman–Crippen LogP) is 0.844. The molecule has 19 heavy (non-hydrogen) atoms. The predicted molar refractivity (Wildman–Crippen MR) is 75.8 cm³/mol. The zero-order valence-electron chi connectivity index (χ0n) is 13.0. The molecule has 1 rings (SSSR count). The van der Waals surface area contributed by atoms with Gasteiger partial charge in [0, 0.05) is 38.6 Å². The SMILES string of the molecule is CN1CCN(C(=O)CCNC(C)(C)C)C(C)(C)C1=O. The number of likely N-dealkylation sites (N-methyl/N-ethyl adjacent to an activating group) is 1. The van der Waals surface area contributed by atoms with Crippen molar-refractivity contribution in [2.24, 2.45) is 0 Å². The van der Waals surface area contributed by atoms with Crippen molar-refractivity contribution < 1.29 is 9.59 Å². The van der Waals surface area contributed by atoms with Gasteiger partial charge in [0.1, 0.15) is 5.54 Å². The van der Waals surface area contributed by atoms with E-state index in [1.165, 1.54) is 0 Å². The quantitative estimate of drug-likeness (QED) is 0.826. The summed E-state index contributed by atoms with van der Waals surface area (Å²) in [5, 5.41) is 3.30. The molecule has 0 spiro atoms. The van der Waals surface area contributed by atoms with E-state index in [0.717, 1.165) is 0 Å². The third kappa shape index (κ3) is 3.93. The van der Waals surface area contributed by atoms with E-state index in [2.05, 4.69) is 26.1 Å². The lowest BCUT2D eigenvalue weighted by molar-refractivity contribution is -0.157. The van der Waals surface area contributed by atoms with Crippen molar-refractivity contribution in [3.8, 4) is 0 Å². The average Bonchev–Trinajstić information content (AvgIpc) is 2.24. The molecular weight excluding hydrogens is 242 g/mol. The highest BCUT2D eigenvalue weighted by Gasteiger charge is 2.42. The van der Waals surface area contributed by atoms with Gasteiger partial charge < -0.3 is 15.1 Å². The molecule has 1 N–H and O–H groups in total. The largest absolute Gasteiger partial charge is 0.342 e. The Morgan fingerprint density at radius 2 is 1.89 bits per heavy atom. The lowest BCUT2D eigenvalue weighted by Crippen LogP contribution is -2.63. The van der Waals surface area contributed by atoms with Crippen LogP contribution in [0.4, 0.5) is 0 Å². The van der Waals surface area contributed by atoms with Gasteiger partial charge in [-0.05, 0) is 34.6 Å². The van der Waals surface area contributed by atoms with Crippen molar-refractivity contribution in [3.63, 3.8) is 0 Å². The lowest BCUT2D eigenvalue weighted by Gasteiger charge is -2.44. The number of nitrogens with zero attached hydrogens (tertiary/aromatic N) is 2. The minimum absolute atomic E-state index is 0.00767. The molecule has 0 unspecified atom stereocenters. The monoisotopic (exact) mass is 269 g/mol. The molecule has 1 heterocycles. The van der Waals surface area contributed by atoms with Gasteiger partial charge in [0.25, 0.3) is 0 Å². The number of hydrogen-bond acceptors (Lipinski definition) is 3. The van der Waals surface area contributed by atoms with Crippen molar-refractivity contribution in [2.75, 3.05) is 26.7 Å². The summed E-state index contributed by atoms with van der Waals surface area (Å²) in [7, 11) is 1.78. The first-order valence-electron chi connectivity index (χ1n) is 6.87. The van der Waals surface area contributed by atoms with E-state index in [1.807, 2.05) is 13.8 Å². The highest BCUT2D eigenvalue weighted by Crippen LogP contribution is 2.22. The van der Waals surface area contributed by atoms with E-state index in [0.29, 0.717) is 26.1 Å². The molecule has 0 radical (unpaired) electrons. The highest BCUT2D eigenvalue weighted by molar-refractivity contribution is 5.91. The summed E-state index contributed by atoms with van der Waals surface area (Å²) in [5.74, 6) is 0.0547. The lowest BCUT2D eigenvalue weighted by atomic mass is 9.97. The van der Waals surface area contributed by atoms with E-state index in [1.54, 1.807) is 16.8 Å². The number of hydrogen-bond donors (Lipinski definition) is 1. The maximum atomic E-state index is 12.3. The Morgan fingerprint density at radius 1 is 1.32 bits per heavy atom. The van der Waals surface area contributed by atoms with Crippen LogP contribution in [0, 0.1) is 0 Å². The van der Waals surface area contributed by atoms with E-state index in [4.69, 9.17) is 0 Å². The smallest absolute Gasteiger partial charge is 0.247 e. The summed E-state index contributed by atoms with van der Waals surface area (Å²) in [4.78, 5) is 27.8. The minimum atomic E-state index is -0.730. The fourth-order valence-corrected chi connectivity index (χ4v) is 2.33. The molecule has 0 aromatic heterocycles. The summed E-state index contributed by atoms with van der Waals surface area (Å²) < 4.78 is 0. The maximum Gasteiger partial charge on any atom is 0.247 e. The van der Waals surface area contributed by atoms with Crippen LogP contribution in [-0.2, 0) is 9.59 Å². The second-order valence-corrected chi connectivity index (χ2v) is 6.76. The van der Waals surface area contributed by atoms with Gasteiger partial charge in [-0.3, -0.25) is 9.59 Å². The Labute approximate surface area is 116 Å². The van der Waals surface area contributed by atoms with Gasteiger partial charge in [-0.25, -0.2) is 0 Å². The summed E-state index contributed by atoms with van der Waals surface area (Å²) in [5.41, 5.74) is -0.723. The number of nitrogens with one attached hydrogen (secondary N) is 1. The van der Waals surface area contributed by atoms with Gasteiger partial charge in [0.15, 0.2) is 0 Å². The second kappa shape index (κ2) is 5.49. The number of piperazine rings is 1. The molecule has 0 aliphatic carbocycles. The molecular formula is C14H27N3O2. The molecule has 1 aliphatic heterocycles. The minimum Gasteiger partial charge on any atom is -0.342 e. The summed E-state index contributed by atoms with van der Waals surface area (Å²) in [6.45, 7) is 11.7. The first-order valence-corrected chi connectivity index (χ1v) is 6.87. The molecule has 0 atom stereocenters. The van der Waals surface area contributed by atoms with Crippen molar-refractivity contribution in [2.45, 2.75) is 52.1 Å². The summed E-state index contributed by atoms with van der Waals surface area (Å²) in [6.07, 6.45) is 0.428. The molecule has 5 heteroatoms. The highest BCUT2D eigenvalue weighted by atomic mass is 16.2. The Bertz CT molecular complexity index is 358. The van der Waals surface area contributed by atoms with Gasteiger partial charge in [0.05, 0.1) is 0 Å². The van der Waals surface area contributed by atoms with Crippen molar-refractivity contribution in [3.05, 3.63) is 0 Å². The van der Waals surface area contributed by atoms with Crippen LogP contribution in [0.3, 0.4) is 0 Å². The zero-order valence-corrected chi connectivity index (χ0v) is 13.0. The molecule has 1 aliphatic rings. The summed E-state index contributed by atoms with van der Waals surface area (Å²) in [6, 6.07) is 0. The van der Waals surface area contributed by atoms with Crippen LogP contribution in [-0.4, -0.2) is 59.4 Å². The molecule has 0 aromatic carbocycles. The molecule has 1 saturated heterocycles. The third-order valence-corrected chi connectivity index (χ3v) is 3.50. The van der Waals surface area contributed by atoms with Crippen LogP contribution in [0.5, 0.6) is 0 Å². The number of amides is 2. The fourth-order valence-electron chi connectivity index (χ4n) is 2.33. The van der Waals surface area contributed by atoms with Gasteiger partial charge in [0.2, 0.25) is 11.8 Å². The normalized spacial score (nSPS) is 19.8. The van der Waals surface area contributed by atoms with E-state index in [9.17, 15) is 9.59 Å². The Kier molecular flexibility index (Phi) is 4.61. The fraction of sp³-hybridized carbons (Fsp3) is 0.857. The standard InChI is InChI=1S/C14H27N3O2/c1-13(2,3)15-8-7-11(18)17-10-9-16(6)12(19)14(17,4)5/h15H,7-10H2,1-6H3. The van der Waals surface area contributed by atoms with Crippen LogP contribution < -0.4 is 5.32 Å².